The zero-order valence-electron chi connectivity index (χ0n) is 15.1. The first-order chi connectivity index (χ1) is 13.1. The first kappa shape index (κ1) is 21.6. The summed E-state index contributed by atoms with van der Waals surface area (Å²) in [5, 5.41) is 10.0. The average Bonchev–Trinajstić information content (AvgIpc) is 2.60. The fraction of sp³-hybridized carbons (Fsp3) is 0.312. The zero-order chi connectivity index (χ0) is 20.8. The van der Waals surface area contributed by atoms with Crippen LogP contribution < -0.4 is 26.5 Å². The molecule has 1 aromatic carbocycles. The second kappa shape index (κ2) is 8.99. The molecule has 0 aliphatic carbocycles. The topological polar surface area (TPSA) is 99.3 Å². The van der Waals surface area contributed by atoms with Crippen LogP contribution >= 0.6 is 12.2 Å². The summed E-state index contributed by atoms with van der Waals surface area (Å²) in [6, 6.07) is 5.90. The van der Waals surface area contributed by atoms with Crippen LogP contribution in [0, 0.1) is 0 Å². The monoisotopic (exact) mass is 415 g/mol. The van der Waals surface area contributed by atoms with E-state index in [-0.39, 0.29) is 17.4 Å². The van der Waals surface area contributed by atoms with Gasteiger partial charge in [-0.05, 0) is 32.4 Å². The molecule has 1 aliphatic rings. The molecule has 1 atom stereocenters. The summed E-state index contributed by atoms with van der Waals surface area (Å²) in [7, 11) is 3.52. The molecular weight excluding hydrogens is 395 g/mol. The molecule has 0 fully saturated rings. The van der Waals surface area contributed by atoms with Gasteiger partial charge in [-0.15, -0.1) is 13.2 Å². The van der Waals surface area contributed by atoms with Crippen LogP contribution in [0.3, 0.4) is 0 Å². The number of rotatable bonds is 7. The molecule has 0 radical (unpaired) electrons. The number of hydrogen-bond acceptors (Lipinski definition) is 7. The van der Waals surface area contributed by atoms with Crippen molar-refractivity contribution in [3.05, 3.63) is 41.6 Å². The third-order valence-corrected chi connectivity index (χ3v) is 3.69. The zero-order valence-corrected chi connectivity index (χ0v) is 15.9. The Kier molecular flexibility index (Phi) is 6.94. The number of hydrazone groups is 1. The Balaban J connectivity index is 2.10. The minimum atomic E-state index is -4.77. The smallest absolute Gasteiger partial charge is 0.405 e. The maximum absolute atomic E-state index is 12.6. The van der Waals surface area contributed by atoms with Crippen LogP contribution in [0.5, 0.6) is 5.75 Å². The van der Waals surface area contributed by atoms with Crippen LogP contribution in [0.25, 0.3) is 0 Å². The number of nitrogens with zero attached hydrogens (tertiary/aromatic N) is 3. The third-order valence-electron chi connectivity index (χ3n) is 3.60. The molecule has 0 saturated heterocycles. The van der Waals surface area contributed by atoms with Gasteiger partial charge in [-0.2, -0.15) is 5.10 Å². The Labute approximate surface area is 165 Å². The Morgan fingerprint density at radius 3 is 2.71 bits per heavy atom. The van der Waals surface area contributed by atoms with Gasteiger partial charge >= 0.3 is 6.36 Å². The predicted octanol–water partition coefficient (Wildman–Crippen LogP) is 1.22. The van der Waals surface area contributed by atoms with Crippen LogP contribution in [0.2, 0.25) is 0 Å². The van der Waals surface area contributed by atoms with E-state index in [9.17, 15) is 13.2 Å². The van der Waals surface area contributed by atoms with Gasteiger partial charge in [0.25, 0.3) is 0 Å². The van der Waals surface area contributed by atoms with Gasteiger partial charge in [-0.3, -0.25) is 15.6 Å². The van der Waals surface area contributed by atoms with Gasteiger partial charge in [0.2, 0.25) is 5.91 Å². The summed E-state index contributed by atoms with van der Waals surface area (Å²) in [6.45, 7) is 0.0645. The molecule has 0 saturated carbocycles. The second-order valence-corrected chi connectivity index (χ2v) is 6.30. The highest BCUT2D eigenvalue weighted by atomic mass is 32.1. The van der Waals surface area contributed by atoms with Gasteiger partial charge in [-0.1, -0.05) is 18.2 Å². The second-order valence-electron chi connectivity index (χ2n) is 5.86. The standard InChI is InChI=1S/C16H20F3N7OS/c1-26(2)16(21-7-11(8-22-16)9-24-25-14(20)28)23-10-12-5-3-4-6-13(12)27-15(17,18)19/h3-9,21,23H,10H2,1-2H3,(H3,20,25,28). The summed E-state index contributed by atoms with van der Waals surface area (Å²) in [6.07, 6.45) is -0.121. The van der Waals surface area contributed by atoms with Crippen LogP contribution in [-0.4, -0.2) is 48.8 Å². The van der Waals surface area contributed by atoms with Crippen molar-refractivity contribution in [1.82, 2.24) is 21.0 Å². The number of nitrogens with two attached hydrogens (primary N) is 1. The number of halogens is 3. The van der Waals surface area contributed by atoms with Crippen molar-refractivity contribution in [2.45, 2.75) is 18.8 Å². The lowest BCUT2D eigenvalue weighted by molar-refractivity contribution is -0.274. The third kappa shape index (κ3) is 6.18. The van der Waals surface area contributed by atoms with Crippen molar-refractivity contribution >= 4 is 29.8 Å². The van der Waals surface area contributed by atoms with Gasteiger partial charge in [0.15, 0.2) is 5.11 Å². The molecule has 5 N–H and O–H groups in total. The van der Waals surface area contributed by atoms with Gasteiger partial charge in [0.1, 0.15) is 5.75 Å². The Morgan fingerprint density at radius 2 is 2.14 bits per heavy atom. The SMILES string of the molecule is CN(C)C1(NCc2ccccc2OC(F)(F)F)N=CC(C=NNC(N)=S)=CN1. The van der Waals surface area contributed by atoms with Crippen molar-refractivity contribution < 1.29 is 17.9 Å². The molecular formula is C16H20F3N7OS. The maximum Gasteiger partial charge on any atom is 0.573 e. The molecule has 28 heavy (non-hydrogen) atoms. The highest BCUT2D eigenvalue weighted by Gasteiger charge is 2.34. The fourth-order valence-corrected chi connectivity index (χ4v) is 2.31. The molecule has 0 bridgehead atoms. The van der Waals surface area contributed by atoms with Crippen LogP contribution in [-0.2, 0) is 6.54 Å². The highest BCUT2D eigenvalue weighted by molar-refractivity contribution is 7.80. The van der Waals surface area contributed by atoms with Crippen molar-refractivity contribution in [2.75, 3.05) is 14.1 Å². The lowest BCUT2D eigenvalue weighted by atomic mass is 10.2. The number of allylic oxidation sites excluding steroid dienone is 1. The van der Waals surface area contributed by atoms with Crippen LogP contribution in [0.4, 0.5) is 13.2 Å². The van der Waals surface area contributed by atoms with E-state index in [2.05, 4.69) is 43.1 Å². The number of thiocarbonyl (C=S) groups is 1. The summed E-state index contributed by atoms with van der Waals surface area (Å²) in [5.74, 6) is -1.34. The summed E-state index contributed by atoms with van der Waals surface area (Å²) < 4.78 is 41.8. The Hall–Kier alpha value is -2.70. The van der Waals surface area contributed by atoms with E-state index < -0.39 is 12.3 Å². The number of hydrogen-bond donors (Lipinski definition) is 4. The van der Waals surface area contributed by atoms with E-state index in [1.807, 2.05) is 0 Å². The summed E-state index contributed by atoms with van der Waals surface area (Å²) >= 11 is 4.64. The molecule has 1 unspecified atom stereocenters. The van der Waals surface area contributed by atoms with Crippen LogP contribution in [0.15, 0.2) is 46.1 Å². The van der Waals surface area contributed by atoms with Crippen molar-refractivity contribution in [2.24, 2.45) is 15.8 Å². The van der Waals surface area contributed by atoms with Crippen molar-refractivity contribution in [1.29, 1.82) is 0 Å². The van der Waals surface area contributed by atoms with Gasteiger partial charge in [-0.25, -0.2) is 4.99 Å². The quantitative estimate of drug-likeness (QED) is 0.230. The van der Waals surface area contributed by atoms with E-state index in [1.54, 1.807) is 43.5 Å². The molecule has 2 rings (SSSR count). The molecule has 0 spiro atoms. The van der Waals surface area contributed by atoms with E-state index in [0.29, 0.717) is 11.1 Å². The normalized spacial score (nSPS) is 19.4. The molecule has 1 aliphatic heterocycles. The first-order valence-corrected chi connectivity index (χ1v) is 8.40. The van der Waals surface area contributed by atoms with E-state index in [0.717, 1.165) is 0 Å². The van der Waals surface area contributed by atoms with E-state index in [1.165, 1.54) is 18.3 Å². The minimum absolute atomic E-state index is 0.0293. The number of nitrogens with one attached hydrogen (secondary N) is 3. The number of ether oxygens (including phenoxy) is 1. The number of para-hydroxylation sites is 1. The Bertz CT molecular complexity index is 795. The highest BCUT2D eigenvalue weighted by Crippen LogP contribution is 2.26. The molecule has 152 valence electrons. The minimum Gasteiger partial charge on any atom is -0.405 e. The van der Waals surface area contributed by atoms with E-state index in [4.69, 9.17) is 5.73 Å². The first-order valence-electron chi connectivity index (χ1n) is 7.99. The molecule has 1 aromatic rings. The molecule has 1 heterocycles. The average molecular weight is 415 g/mol. The van der Waals surface area contributed by atoms with Crippen molar-refractivity contribution in [3.8, 4) is 5.75 Å². The maximum atomic E-state index is 12.6. The fourth-order valence-electron chi connectivity index (χ4n) is 2.26. The van der Waals surface area contributed by atoms with Crippen molar-refractivity contribution in [3.63, 3.8) is 0 Å². The van der Waals surface area contributed by atoms with E-state index >= 15 is 0 Å². The summed E-state index contributed by atoms with van der Waals surface area (Å²) in [4.78, 5) is 6.15. The number of benzene rings is 1. The lowest BCUT2D eigenvalue weighted by Crippen LogP contribution is -2.63. The lowest BCUT2D eigenvalue weighted by Gasteiger charge is -2.38. The largest absolute Gasteiger partial charge is 0.573 e. The molecule has 12 heteroatoms. The number of aliphatic imine (C=N–C) groups is 1. The van der Waals surface area contributed by atoms with Crippen LogP contribution in [0.1, 0.15) is 5.56 Å². The van der Waals surface area contributed by atoms with Gasteiger partial charge < -0.3 is 15.8 Å². The molecule has 0 amide bonds. The molecule has 8 nitrogen and oxygen atoms in total. The van der Waals surface area contributed by atoms with Gasteiger partial charge in [0.05, 0.1) is 6.21 Å². The molecule has 0 aromatic heterocycles. The van der Waals surface area contributed by atoms with Gasteiger partial charge in [0, 0.05) is 30.1 Å². The summed E-state index contributed by atoms with van der Waals surface area (Å²) in [5.41, 5.74) is 8.66. The predicted molar refractivity (Wildman–Crippen MR) is 105 cm³/mol. The number of alkyl halides is 3. The Morgan fingerprint density at radius 1 is 1.43 bits per heavy atom.